The molecule has 2 fully saturated rings. The topological polar surface area (TPSA) is 53.0 Å². The number of nitrogens with zero attached hydrogens (tertiary/aromatic N) is 2. The van der Waals surface area contributed by atoms with Crippen LogP contribution in [0.2, 0.25) is 0 Å². The highest BCUT2D eigenvalue weighted by Gasteiger charge is 2.42. The normalized spacial score (nSPS) is 24.6. The summed E-state index contributed by atoms with van der Waals surface area (Å²) >= 11 is 0. The van der Waals surface area contributed by atoms with Crippen molar-refractivity contribution in [2.75, 3.05) is 31.1 Å². The summed E-state index contributed by atoms with van der Waals surface area (Å²) < 4.78 is 7.12. The second kappa shape index (κ2) is 9.71. The van der Waals surface area contributed by atoms with E-state index >= 15 is 0 Å². The lowest BCUT2D eigenvalue weighted by Gasteiger charge is -2.43. The molecule has 0 radical (unpaired) electrons. The smallest absolute Gasteiger partial charge is 0.336 e. The molecule has 1 unspecified atom stereocenters. The standard InChI is InChI=1S/C34H38N2O3/c1-3-23(24(4-2)34(37)38)29-27-19-21-11-5-7-15-35-17-9-13-25(30(21)35)32(27)39-33-26-14-10-18-36-16-8-6-12-22(31(26)36)20-28(29)33/h3-4,19-20,30H,1-2,5-18H2,(H,37,38)/b24-23-. The molecule has 1 aromatic rings. The van der Waals surface area contributed by atoms with Crippen LogP contribution in [0.1, 0.15) is 68.1 Å². The lowest BCUT2D eigenvalue weighted by molar-refractivity contribution is -0.132. The molecule has 0 spiro atoms. The molecule has 5 nitrogen and oxygen atoms in total. The van der Waals surface area contributed by atoms with Crippen molar-refractivity contribution in [1.82, 2.24) is 4.90 Å². The first-order chi connectivity index (χ1) is 19.1. The Morgan fingerprint density at radius 3 is 2.54 bits per heavy atom. The summed E-state index contributed by atoms with van der Waals surface area (Å²) in [6, 6.07) is 2.63. The number of benzene rings is 1. The van der Waals surface area contributed by atoms with Gasteiger partial charge in [0.15, 0.2) is 0 Å². The van der Waals surface area contributed by atoms with Crippen molar-refractivity contribution in [3.63, 3.8) is 0 Å². The van der Waals surface area contributed by atoms with Crippen LogP contribution in [-0.2, 0) is 17.6 Å². The average Bonchev–Trinajstić information content (AvgIpc) is 3.29. The van der Waals surface area contributed by atoms with Gasteiger partial charge in [0.2, 0.25) is 0 Å². The number of allylic oxidation sites excluding steroid dienone is 4. The number of ether oxygens (including phenoxy) is 1. The van der Waals surface area contributed by atoms with Crippen molar-refractivity contribution in [1.29, 1.82) is 0 Å². The second-order valence-corrected chi connectivity index (χ2v) is 11.8. The molecule has 1 N–H and O–H groups in total. The van der Waals surface area contributed by atoms with Gasteiger partial charge in [-0.25, -0.2) is 4.79 Å². The molecule has 6 aliphatic rings. The van der Waals surface area contributed by atoms with E-state index in [9.17, 15) is 9.90 Å². The molecular formula is C34H38N2O3. The maximum atomic E-state index is 12.5. The van der Waals surface area contributed by atoms with Crippen LogP contribution in [0.3, 0.4) is 0 Å². The van der Waals surface area contributed by atoms with E-state index in [0.29, 0.717) is 11.6 Å². The maximum absolute atomic E-state index is 12.5. The molecule has 5 heteroatoms. The third-order valence-corrected chi connectivity index (χ3v) is 9.63. The molecule has 0 saturated carbocycles. The summed E-state index contributed by atoms with van der Waals surface area (Å²) in [5.41, 5.74) is 10.7. The molecule has 1 aromatic carbocycles. The Morgan fingerprint density at radius 2 is 1.72 bits per heavy atom. The molecule has 0 bridgehead atoms. The van der Waals surface area contributed by atoms with E-state index in [1.807, 2.05) is 0 Å². The first kappa shape index (κ1) is 24.7. The lowest BCUT2D eigenvalue weighted by atomic mass is 9.76. The monoisotopic (exact) mass is 522 g/mol. The minimum atomic E-state index is -0.975. The summed E-state index contributed by atoms with van der Waals surface area (Å²) in [4.78, 5) is 17.7. The van der Waals surface area contributed by atoms with E-state index in [1.165, 1.54) is 59.7 Å². The summed E-state index contributed by atoms with van der Waals surface area (Å²) in [6.45, 7) is 12.5. The number of anilines is 1. The Bertz CT molecular complexity index is 1420. The van der Waals surface area contributed by atoms with Gasteiger partial charge in [0, 0.05) is 41.1 Å². The Hall–Kier alpha value is -3.31. The van der Waals surface area contributed by atoms with Gasteiger partial charge in [-0.1, -0.05) is 25.3 Å². The number of rotatable bonds is 4. The zero-order valence-corrected chi connectivity index (χ0v) is 22.9. The average molecular weight is 523 g/mol. The zero-order valence-electron chi connectivity index (χ0n) is 22.9. The number of carboxylic acids is 1. The molecule has 5 heterocycles. The van der Waals surface area contributed by atoms with Crippen LogP contribution in [0.5, 0.6) is 5.75 Å². The van der Waals surface area contributed by atoms with E-state index < -0.39 is 5.97 Å². The number of carboxylic acid groups (broad SMARTS) is 1. The largest absolute Gasteiger partial charge is 0.478 e. The van der Waals surface area contributed by atoms with Gasteiger partial charge in [-0.2, -0.15) is 0 Å². The molecule has 5 aliphatic heterocycles. The number of carbonyl (C=O) groups is 1. The second-order valence-electron chi connectivity index (χ2n) is 11.8. The lowest BCUT2D eigenvalue weighted by Crippen LogP contribution is -2.44. The molecule has 0 amide bonds. The molecule has 0 aromatic heterocycles. The van der Waals surface area contributed by atoms with Crippen LogP contribution in [0.4, 0.5) is 5.69 Å². The van der Waals surface area contributed by atoms with Gasteiger partial charge in [0.25, 0.3) is 0 Å². The van der Waals surface area contributed by atoms with Gasteiger partial charge >= 0.3 is 5.97 Å². The van der Waals surface area contributed by atoms with Gasteiger partial charge in [0.05, 0.1) is 11.6 Å². The quantitative estimate of drug-likeness (QED) is 0.361. The number of aliphatic carboxylic acids is 1. The van der Waals surface area contributed by atoms with Crippen LogP contribution in [0.25, 0.3) is 5.57 Å². The highest BCUT2D eigenvalue weighted by Crippen LogP contribution is 2.54. The predicted octanol–water partition coefficient (Wildman–Crippen LogP) is 6.52. The number of fused-ring (bicyclic) bond motifs is 3. The third-order valence-electron chi connectivity index (χ3n) is 9.63. The van der Waals surface area contributed by atoms with Gasteiger partial charge < -0.3 is 14.7 Å². The highest BCUT2D eigenvalue weighted by molar-refractivity contribution is 6.02. The van der Waals surface area contributed by atoms with E-state index in [-0.39, 0.29) is 5.57 Å². The number of aryl methyl sites for hydroxylation is 1. The Morgan fingerprint density at radius 1 is 0.949 bits per heavy atom. The van der Waals surface area contributed by atoms with Crippen molar-refractivity contribution in [2.24, 2.45) is 0 Å². The first-order valence-corrected chi connectivity index (χ1v) is 14.9. The molecule has 7 rings (SSSR count). The van der Waals surface area contributed by atoms with Gasteiger partial charge in [0.1, 0.15) is 11.5 Å². The summed E-state index contributed by atoms with van der Waals surface area (Å²) in [7, 11) is 0. The SMILES string of the molecule is C=C/C(C(=O)O)=C(\C=C)C1=C2C=C3CCCCN4CCCC(=C2Oc2c1cc1c5c2CCCN5CCCC1)C34. The Labute approximate surface area is 231 Å². The predicted molar refractivity (Wildman–Crippen MR) is 156 cm³/mol. The summed E-state index contributed by atoms with van der Waals surface area (Å²) in [5.74, 6) is 0.933. The number of hydrogen-bond acceptors (Lipinski definition) is 4. The van der Waals surface area contributed by atoms with Crippen LogP contribution >= 0.6 is 0 Å². The van der Waals surface area contributed by atoms with Crippen LogP contribution in [-0.4, -0.2) is 48.2 Å². The van der Waals surface area contributed by atoms with E-state index in [4.69, 9.17) is 4.74 Å². The minimum Gasteiger partial charge on any atom is -0.478 e. The fourth-order valence-corrected chi connectivity index (χ4v) is 8.05. The minimum absolute atomic E-state index is 0.196. The molecular weight excluding hydrogens is 484 g/mol. The van der Waals surface area contributed by atoms with Crippen molar-refractivity contribution in [2.45, 2.75) is 70.3 Å². The highest BCUT2D eigenvalue weighted by atomic mass is 16.5. The summed E-state index contributed by atoms with van der Waals surface area (Å²) in [6.07, 6.45) is 16.7. The van der Waals surface area contributed by atoms with Crippen molar-refractivity contribution in [3.8, 4) is 5.75 Å². The molecule has 1 atom stereocenters. The third kappa shape index (κ3) is 3.81. The van der Waals surface area contributed by atoms with Crippen LogP contribution in [0, 0.1) is 0 Å². The van der Waals surface area contributed by atoms with Crippen molar-refractivity contribution in [3.05, 3.63) is 87.8 Å². The summed E-state index contributed by atoms with van der Waals surface area (Å²) in [5, 5.41) is 10.2. The van der Waals surface area contributed by atoms with Crippen LogP contribution < -0.4 is 9.64 Å². The Kier molecular flexibility index (Phi) is 6.15. The number of hydrogen-bond donors (Lipinski definition) is 1. The van der Waals surface area contributed by atoms with Crippen molar-refractivity contribution >= 4 is 17.2 Å². The molecule has 1 aliphatic carbocycles. The maximum Gasteiger partial charge on any atom is 0.336 e. The van der Waals surface area contributed by atoms with E-state index in [2.05, 4.69) is 35.1 Å². The van der Waals surface area contributed by atoms with Crippen LogP contribution in [0.15, 0.2) is 71.1 Å². The Balaban J connectivity index is 1.57. The first-order valence-electron chi connectivity index (χ1n) is 14.9. The molecule has 39 heavy (non-hydrogen) atoms. The van der Waals surface area contributed by atoms with E-state index in [0.717, 1.165) is 92.9 Å². The molecule has 2 saturated heterocycles. The fourth-order valence-electron chi connectivity index (χ4n) is 8.05. The van der Waals surface area contributed by atoms with Gasteiger partial charge in [-0.15, -0.1) is 0 Å². The zero-order chi connectivity index (χ0) is 26.7. The molecule has 202 valence electrons. The fraction of sp³-hybridized carbons (Fsp3) is 0.441. The number of piperidine rings is 1. The van der Waals surface area contributed by atoms with E-state index in [1.54, 1.807) is 6.08 Å². The van der Waals surface area contributed by atoms with Gasteiger partial charge in [-0.05, 0) is 112 Å². The van der Waals surface area contributed by atoms with Gasteiger partial charge in [-0.3, -0.25) is 4.90 Å². The van der Waals surface area contributed by atoms with Crippen molar-refractivity contribution < 1.29 is 14.6 Å².